The van der Waals surface area contributed by atoms with Crippen LogP contribution in [0.4, 0.5) is 11.6 Å². The lowest BCUT2D eigenvalue weighted by Gasteiger charge is -2.42. The lowest BCUT2D eigenvalue weighted by Crippen LogP contribution is -2.50. The van der Waals surface area contributed by atoms with Crippen LogP contribution in [0.3, 0.4) is 0 Å². The largest absolute Gasteiger partial charge is 0.457 e. The number of likely N-dealkylation sites (N-methyl/N-ethyl adjacent to an activating group) is 2. The van der Waals surface area contributed by atoms with E-state index >= 15 is 0 Å². The molecule has 12 rings (SSSR count). The Morgan fingerprint density at radius 2 is 0.773 bits per heavy atom. The minimum absolute atomic E-state index is 0. The number of benzene rings is 4. The van der Waals surface area contributed by atoms with Crippen molar-refractivity contribution in [2.45, 2.75) is 75.5 Å². The molecule has 4 aromatic carbocycles. The number of piperazine rings is 2. The van der Waals surface area contributed by atoms with Crippen LogP contribution in [0.25, 0.3) is 44.3 Å². The number of rotatable bonds is 10. The number of hydrogen-bond acceptors (Lipinski definition) is 12. The molecule has 2 saturated heterocycles. The molecule has 396 valence electrons. The molecule has 14 nitrogen and oxygen atoms in total. The Morgan fingerprint density at radius 3 is 1.15 bits per heavy atom. The van der Waals surface area contributed by atoms with E-state index in [1.54, 1.807) is 12.7 Å². The van der Waals surface area contributed by atoms with E-state index in [9.17, 15) is 0 Å². The molecular formula is C58H71Cl3N12O2. The van der Waals surface area contributed by atoms with Crippen LogP contribution in [-0.2, 0) is 0 Å². The van der Waals surface area contributed by atoms with Gasteiger partial charge in [0.15, 0.2) is 0 Å². The van der Waals surface area contributed by atoms with Crippen LogP contribution in [-0.4, -0.2) is 127 Å². The van der Waals surface area contributed by atoms with Crippen molar-refractivity contribution in [3.8, 4) is 45.3 Å². The fraction of sp³-hybridized carbons (Fsp3) is 0.379. The lowest BCUT2D eigenvalue weighted by molar-refractivity contribution is 0.0791. The minimum Gasteiger partial charge on any atom is -0.457 e. The molecule has 0 spiro atoms. The third-order valence-corrected chi connectivity index (χ3v) is 15.7. The Morgan fingerprint density at radius 1 is 0.427 bits per heavy atom. The smallest absolute Gasteiger partial charge is 0.146 e. The molecule has 2 saturated carbocycles. The average Bonchev–Trinajstić information content (AvgIpc) is 4.02. The molecule has 8 aromatic rings. The van der Waals surface area contributed by atoms with Gasteiger partial charge in [-0.05, 0) is 125 Å². The molecule has 4 fully saturated rings. The molecule has 2 aliphatic heterocycles. The first-order valence-corrected chi connectivity index (χ1v) is 26.0. The van der Waals surface area contributed by atoms with Gasteiger partial charge in [0.2, 0.25) is 0 Å². The van der Waals surface area contributed by atoms with Crippen molar-refractivity contribution in [3.05, 3.63) is 134 Å². The van der Waals surface area contributed by atoms with Crippen LogP contribution < -0.4 is 20.9 Å². The molecular weight excluding hydrogens is 1000 g/mol. The SMILES string of the molecule is CN1CCN([C@H]2CCC[C@H](n3cc(-c4ccc(Oc5ccccc5)cc4)c4c(N)ncnc43)C2)CC1.CN1CCN([C@H]2CCC[C@H](n3cc(-c4ccc(Oc5ccccc5)cc4)c4c(N)ncnc43)C2)CC1.Cl.Cl.Cl. The van der Waals surface area contributed by atoms with Crippen molar-refractivity contribution in [1.29, 1.82) is 0 Å². The van der Waals surface area contributed by atoms with Gasteiger partial charge in [0, 0.05) is 100 Å². The Hall–Kier alpha value is -5.97. The number of para-hydroxylation sites is 2. The number of fused-ring (bicyclic) bond motifs is 2. The minimum atomic E-state index is 0. The van der Waals surface area contributed by atoms with Gasteiger partial charge in [0.05, 0.1) is 10.8 Å². The molecule has 0 bridgehead atoms. The van der Waals surface area contributed by atoms with E-state index < -0.39 is 0 Å². The summed E-state index contributed by atoms with van der Waals surface area (Å²) in [5.74, 6) is 4.33. The van der Waals surface area contributed by atoms with Crippen LogP contribution in [0.2, 0.25) is 0 Å². The molecule has 4 aromatic heterocycles. The number of nitrogens with zero attached hydrogens (tertiary/aromatic N) is 10. The van der Waals surface area contributed by atoms with Gasteiger partial charge in [0.1, 0.15) is 58.6 Å². The zero-order chi connectivity index (χ0) is 49.0. The maximum atomic E-state index is 6.42. The van der Waals surface area contributed by atoms with Crippen LogP contribution >= 0.6 is 37.2 Å². The molecule has 75 heavy (non-hydrogen) atoms. The van der Waals surface area contributed by atoms with Gasteiger partial charge >= 0.3 is 0 Å². The second-order valence-corrected chi connectivity index (χ2v) is 20.3. The number of nitrogens with two attached hydrogens (primary N) is 2. The van der Waals surface area contributed by atoms with E-state index in [-0.39, 0.29) is 37.2 Å². The van der Waals surface area contributed by atoms with E-state index in [1.807, 2.05) is 84.9 Å². The summed E-state index contributed by atoms with van der Waals surface area (Å²) in [4.78, 5) is 28.4. The summed E-state index contributed by atoms with van der Waals surface area (Å²) in [7, 11) is 4.44. The van der Waals surface area contributed by atoms with Gasteiger partial charge in [-0.2, -0.15) is 0 Å². The Bertz CT molecular complexity index is 2850. The van der Waals surface area contributed by atoms with Crippen molar-refractivity contribution in [3.63, 3.8) is 0 Å². The predicted molar refractivity (Wildman–Crippen MR) is 310 cm³/mol. The van der Waals surface area contributed by atoms with Crippen LogP contribution in [0, 0.1) is 0 Å². The molecule has 4 aliphatic rings. The van der Waals surface area contributed by atoms with Gasteiger partial charge in [-0.25, -0.2) is 19.9 Å². The predicted octanol–water partition coefficient (Wildman–Crippen LogP) is 11.7. The molecule has 2 aliphatic carbocycles. The van der Waals surface area contributed by atoms with E-state index in [2.05, 4.69) is 89.5 Å². The van der Waals surface area contributed by atoms with Gasteiger partial charge < -0.3 is 39.9 Å². The van der Waals surface area contributed by atoms with E-state index in [1.165, 1.54) is 38.5 Å². The summed E-state index contributed by atoms with van der Waals surface area (Å²) in [5.41, 5.74) is 19.1. The summed E-state index contributed by atoms with van der Waals surface area (Å²) in [6, 6.07) is 38.2. The number of anilines is 2. The quantitative estimate of drug-likeness (QED) is 0.134. The second kappa shape index (κ2) is 25.2. The fourth-order valence-electron chi connectivity index (χ4n) is 11.7. The number of hydrogen-bond donors (Lipinski definition) is 2. The first-order valence-electron chi connectivity index (χ1n) is 26.0. The van der Waals surface area contributed by atoms with Gasteiger partial charge in [-0.15, -0.1) is 37.2 Å². The van der Waals surface area contributed by atoms with Crippen molar-refractivity contribution in [2.24, 2.45) is 0 Å². The monoisotopic (exact) mass is 1070 g/mol. The van der Waals surface area contributed by atoms with Gasteiger partial charge in [-0.3, -0.25) is 9.80 Å². The second-order valence-electron chi connectivity index (χ2n) is 20.3. The Kier molecular flexibility index (Phi) is 18.6. The molecule has 0 unspecified atom stereocenters. The summed E-state index contributed by atoms with van der Waals surface area (Å²) < 4.78 is 16.7. The maximum absolute atomic E-state index is 6.42. The lowest BCUT2D eigenvalue weighted by atomic mass is 9.89. The summed E-state index contributed by atoms with van der Waals surface area (Å²) >= 11 is 0. The summed E-state index contributed by atoms with van der Waals surface area (Å²) in [6.45, 7) is 9.29. The fourth-order valence-corrected chi connectivity index (χ4v) is 11.7. The number of ether oxygens (including phenoxy) is 2. The van der Waals surface area contributed by atoms with Crippen LogP contribution in [0.5, 0.6) is 23.0 Å². The summed E-state index contributed by atoms with van der Waals surface area (Å²) in [5, 5.41) is 1.88. The Balaban J connectivity index is 0.000000192. The van der Waals surface area contributed by atoms with Crippen LogP contribution in [0.1, 0.15) is 63.5 Å². The topological polar surface area (TPSA) is 145 Å². The molecule has 6 heterocycles. The average molecular weight is 1070 g/mol. The van der Waals surface area contributed by atoms with Gasteiger partial charge in [0.25, 0.3) is 0 Å². The third kappa shape index (κ3) is 12.5. The number of nitrogen functional groups attached to an aromatic ring is 2. The summed E-state index contributed by atoms with van der Waals surface area (Å²) in [6.07, 6.45) is 17.4. The number of halogens is 3. The van der Waals surface area contributed by atoms with Crippen molar-refractivity contribution < 1.29 is 9.47 Å². The zero-order valence-electron chi connectivity index (χ0n) is 43.0. The first kappa shape index (κ1) is 55.3. The van der Waals surface area contributed by atoms with Crippen molar-refractivity contribution >= 4 is 70.9 Å². The highest BCUT2D eigenvalue weighted by Gasteiger charge is 2.33. The molecule has 17 heteroatoms. The van der Waals surface area contributed by atoms with E-state index in [0.29, 0.717) is 35.8 Å². The van der Waals surface area contributed by atoms with Crippen molar-refractivity contribution in [1.82, 2.24) is 48.7 Å². The van der Waals surface area contributed by atoms with E-state index in [4.69, 9.17) is 30.9 Å². The van der Waals surface area contributed by atoms with E-state index in [0.717, 1.165) is 133 Å². The highest BCUT2D eigenvalue weighted by Crippen LogP contribution is 2.42. The molecule has 4 atom stereocenters. The highest BCUT2D eigenvalue weighted by molar-refractivity contribution is 6.01. The third-order valence-electron chi connectivity index (χ3n) is 15.7. The molecule has 0 amide bonds. The standard InChI is InChI=1S/2C29H34N6O.3ClH/c2*1-33-14-16-34(17-15-33)22-6-5-7-23(18-22)35-19-26(27-28(30)31-20-32-29(27)35)21-10-12-25(13-11-21)36-24-8-3-2-4-9-24;;;/h2*2-4,8-13,19-20,22-23H,5-7,14-18H2,1H3,(H2,30,31,32);3*1H/t2*22-,23-;;;/m00.../s1. The zero-order valence-corrected chi connectivity index (χ0v) is 45.4. The molecule has 4 N–H and O–H groups in total. The van der Waals surface area contributed by atoms with Crippen LogP contribution in [0.15, 0.2) is 134 Å². The van der Waals surface area contributed by atoms with Crippen molar-refractivity contribution in [2.75, 3.05) is 77.9 Å². The maximum Gasteiger partial charge on any atom is 0.146 e. The van der Waals surface area contributed by atoms with Gasteiger partial charge in [-0.1, -0.05) is 60.7 Å². The normalized spacial score (nSPS) is 20.7. The molecule has 0 radical (unpaired) electrons. The Labute approximate surface area is 459 Å². The number of aromatic nitrogens is 6. The first-order chi connectivity index (χ1) is 35.3. The highest BCUT2D eigenvalue weighted by atomic mass is 35.5.